The molecule has 114 valence electrons. The summed E-state index contributed by atoms with van der Waals surface area (Å²) in [7, 11) is 0. The Labute approximate surface area is 119 Å². The van der Waals surface area contributed by atoms with Crippen molar-refractivity contribution in [3.05, 3.63) is 0 Å². The van der Waals surface area contributed by atoms with E-state index in [9.17, 15) is 13.6 Å². The van der Waals surface area contributed by atoms with E-state index in [2.05, 4.69) is 6.92 Å². The third-order valence-corrected chi connectivity index (χ3v) is 4.25. The molecule has 0 bridgehead atoms. The highest BCUT2D eigenvalue weighted by Crippen LogP contribution is 2.27. The van der Waals surface area contributed by atoms with Gasteiger partial charge < -0.3 is 4.74 Å². The molecule has 5 heteroatoms. The van der Waals surface area contributed by atoms with Crippen molar-refractivity contribution in [3.8, 4) is 0 Å². The van der Waals surface area contributed by atoms with Gasteiger partial charge in [0.25, 0.3) is 0 Å². The zero-order chi connectivity index (χ0) is 14.7. The van der Waals surface area contributed by atoms with E-state index in [0.29, 0.717) is 18.8 Å². The first-order valence-electron chi connectivity index (χ1n) is 7.12. The largest absolute Gasteiger partial charge is 0.465 e. The van der Waals surface area contributed by atoms with Crippen LogP contribution >= 0.6 is 11.8 Å². The fourth-order valence-electron chi connectivity index (χ4n) is 1.63. The van der Waals surface area contributed by atoms with Crippen LogP contribution in [0.3, 0.4) is 0 Å². The SMILES string of the molecule is CCCCC(SCCCC(F)(F)CC)C(=O)OCC. The fraction of sp³-hybridized carbons (Fsp3) is 0.929. The van der Waals surface area contributed by atoms with Crippen LogP contribution in [0.2, 0.25) is 0 Å². The van der Waals surface area contributed by atoms with Crippen LogP contribution in [0.25, 0.3) is 0 Å². The Bertz CT molecular complexity index is 248. The zero-order valence-electron chi connectivity index (χ0n) is 12.2. The molecule has 0 spiro atoms. The van der Waals surface area contributed by atoms with Crippen LogP contribution in [0.4, 0.5) is 8.78 Å². The maximum Gasteiger partial charge on any atom is 0.319 e. The molecular weight excluding hydrogens is 270 g/mol. The van der Waals surface area contributed by atoms with Crippen LogP contribution in [0.15, 0.2) is 0 Å². The second-order valence-electron chi connectivity index (χ2n) is 4.57. The maximum atomic E-state index is 13.1. The Kier molecular flexibility index (Phi) is 10.3. The number of halogens is 2. The van der Waals surface area contributed by atoms with Gasteiger partial charge >= 0.3 is 5.97 Å². The molecule has 0 radical (unpaired) electrons. The van der Waals surface area contributed by atoms with Crippen molar-refractivity contribution in [1.82, 2.24) is 0 Å². The highest BCUT2D eigenvalue weighted by Gasteiger charge is 2.26. The van der Waals surface area contributed by atoms with Gasteiger partial charge in [0, 0.05) is 12.8 Å². The van der Waals surface area contributed by atoms with Gasteiger partial charge in [0.2, 0.25) is 5.92 Å². The van der Waals surface area contributed by atoms with Crippen LogP contribution in [-0.4, -0.2) is 29.5 Å². The molecule has 0 heterocycles. The number of ether oxygens (including phenoxy) is 1. The lowest BCUT2D eigenvalue weighted by Gasteiger charge is -2.16. The normalized spacial score (nSPS) is 13.3. The summed E-state index contributed by atoms with van der Waals surface area (Å²) < 4.78 is 31.1. The number of alkyl halides is 2. The number of unbranched alkanes of at least 4 members (excludes halogenated alkanes) is 1. The minimum absolute atomic E-state index is 0.0974. The molecule has 0 fully saturated rings. The molecule has 0 aliphatic heterocycles. The second kappa shape index (κ2) is 10.5. The summed E-state index contributed by atoms with van der Waals surface area (Å²) in [4.78, 5) is 11.7. The first-order chi connectivity index (χ1) is 8.96. The van der Waals surface area contributed by atoms with E-state index < -0.39 is 5.92 Å². The highest BCUT2D eigenvalue weighted by atomic mass is 32.2. The Hall–Kier alpha value is -0.320. The van der Waals surface area contributed by atoms with E-state index in [4.69, 9.17) is 4.74 Å². The van der Waals surface area contributed by atoms with Gasteiger partial charge in [-0.1, -0.05) is 26.7 Å². The van der Waals surface area contributed by atoms with Crippen LogP contribution in [0.5, 0.6) is 0 Å². The van der Waals surface area contributed by atoms with Gasteiger partial charge in [0.1, 0.15) is 5.25 Å². The lowest BCUT2D eigenvalue weighted by Crippen LogP contribution is -2.21. The summed E-state index contributed by atoms with van der Waals surface area (Å²) in [5, 5.41) is -0.199. The van der Waals surface area contributed by atoms with Crippen molar-refractivity contribution in [2.45, 2.75) is 70.5 Å². The molecule has 19 heavy (non-hydrogen) atoms. The summed E-state index contributed by atoms with van der Waals surface area (Å²) in [6.07, 6.45) is 2.97. The van der Waals surface area contributed by atoms with Crippen LogP contribution in [0.1, 0.15) is 59.3 Å². The van der Waals surface area contributed by atoms with Crippen LogP contribution < -0.4 is 0 Å². The first kappa shape index (κ1) is 18.7. The third-order valence-electron chi connectivity index (χ3n) is 2.89. The summed E-state index contributed by atoms with van der Waals surface area (Å²) in [6.45, 7) is 5.71. The molecule has 1 atom stereocenters. The molecule has 0 aliphatic rings. The summed E-state index contributed by atoms with van der Waals surface area (Å²) in [5.41, 5.74) is 0. The van der Waals surface area contributed by atoms with Crippen molar-refractivity contribution in [1.29, 1.82) is 0 Å². The summed E-state index contributed by atoms with van der Waals surface area (Å²) >= 11 is 1.45. The van der Waals surface area contributed by atoms with E-state index in [0.717, 1.165) is 19.3 Å². The molecule has 0 aliphatic carbocycles. The molecule has 0 aromatic heterocycles. The number of rotatable bonds is 11. The van der Waals surface area contributed by atoms with Crippen molar-refractivity contribution in [2.75, 3.05) is 12.4 Å². The molecule has 0 amide bonds. The number of thioether (sulfide) groups is 1. The molecule has 0 saturated heterocycles. The maximum absolute atomic E-state index is 13.1. The Morgan fingerprint density at radius 2 is 1.95 bits per heavy atom. The minimum atomic E-state index is -2.57. The fourth-order valence-corrected chi connectivity index (χ4v) is 2.76. The van der Waals surface area contributed by atoms with E-state index in [1.54, 1.807) is 6.92 Å². The van der Waals surface area contributed by atoms with E-state index in [-0.39, 0.29) is 24.1 Å². The standard InChI is InChI=1S/C14H26F2O2S/c1-4-7-9-12(13(17)18-6-3)19-11-8-10-14(15,16)5-2/h12H,4-11H2,1-3H3. The predicted molar refractivity (Wildman–Crippen MR) is 76.9 cm³/mol. The Morgan fingerprint density at radius 1 is 1.26 bits per heavy atom. The molecule has 1 unspecified atom stereocenters. The van der Waals surface area contributed by atoms with Gasteiger partial charge in [0.05, 0.1) is 6.61 Å². The van der Waals surface area contributed by atoms with Crippen molar-refractivity contribution >= 4 is 17.7 Å². The lowest BCUT2D eigenvalue weighted by molar-refractivity contribution is -0.142. The molecule has 0 saturated carbocycles. The van der Waals surface area contributed by atoms with Crippen molar-refractivity contribution < 1.29 is 18.3 Å². The molecule has 0 N–H and O–H groups in total. The summed E-state index contributed by atoms with van der Waals surface area (Å²) in [6, 6.07) is 0. The van der Waals surface area contributed by atoms with Crippen molar-refractivity contribution in [2.24, 2.45) is 0 Å². The quantitative estimate of drug-likeness (QED) is 0.409. The van der Waals surface area contributed by atoms with E-state index in [1.165, 1.54) is 18.7 Å². The van der Waals surface area contributed by atoms with Gasteiger partial charge in [-0.05, 0) is 25.5 Å². The predicted octanol–water partition coefficient (Wildman–Crippen LogP) is 4.67. The minimum Gasteiger partial charge on any atom is -0.465 e. The number of esters is 1. The summed E-state index contributed by atoms with van der Waals surface area (Å²) in [5.74, 6) is -2.19. The van der Waals surface area contributed by atoms with Crippen molar-refractivity contribution in [3.63, 3.8) is 0 Å². The van der Waals surface area contributed by atoms with Crippen LogP contribution in [0, 0.1) is 0 Å². The van der Waals surface area contributed by atoms with Gasteiger partial charge in [0.15, 0.2) is 0 Å². The zero-order valence-corrected chi connectivity index (χ0v) is 13.0. The molecule has 0 aromatic rings. The number of hydrogen-bond donors (Lipinski definition) is 0. The Morgan fingerprint density at radius 3 is 2.47 bits per heavy atom. The average molecular weight is 296 g/mol. The number of carbonyl (C=O) groups is 1. The van der Waals surface area contributed by atoms with E-state index >= 15 is 0 Å². The van der Waals surface area contributed by atoms with Gasteiger partial charge in [-0.15, -0.1) is 11.8 Å². The monoisotopic (exact) mass is 296 g/mol. The average Bonchev–Trinajstić information content (AvgIpc) is 2.38. The molecular formula is C14H26F2O2S. The second-order valence-corrected chi connectivity index (χ2v) is 5.88. The van der Waals surface area contributed by atoms with Gasteiger partial charge in [-0.2, -0.15) is 0 Å². The number of carbonyl (C=O) groups excluding carboxylic acids is 1. The lowest BCUT2D eigenvalue weighted by atomic mass is 10.1. The molecule has 0 rings (SSSR count). The smallest absolute Gasteiger partial charge is 0.319 e. The number of hydrogen-bond acceptors (Lipinski definition) is 3. The van der Waals surface area contributed by atoms with Gasteiger partial charge in [-0.3, -0.25) is 4.79 Å². The molecule has 0 aromatic carbocycles. The highest BCUT2D eigenvalue weighted by molar-refractivity contribution is 8.00. The molecule has 2 nitrogen and oxygen atoms in total. The van der Waals surface area contributed by atoms with Crippen LogP contribution in [-0.2, 0) is 9.53 Å². The first-order valence-corrected chi connectivity index (χ1v) is 8.17. The van der Waals surface area contributed by atoms with Gasteiger partial charge in [-0.25, -0.2) is 8.78 Å². The third kappa shape index (κ3) is 9.25. The topological polar surface area (TPSA) is 26.3 Å². The van der Waals surface area contributed by atoms with E-state index in [1.807, 2.05) is 0 Å². The Balaban J connectivity index is 4.01.